The summed E-state index contributed by atoms with van der Waals surface area (Å²) in [6.07, 6.45) is 4.20. The second-order valence-corrected chi connectivity index (χ2v) is 15.6. The summed E-state index contributed by atoms with van der Waals surface area (Å²) in [6.45, 7) is 13.5. The highest BCUT2D eigenvalue weighted by atomic mass is 16.4. The maximum atomic E-state index is 14.5. The second-order valence-electron chi connectivity index (χ2n) is 15.6. The number of carbonyl (C=O) groups is 3. The van der Waals surface area contributed by atoms with Crippen molar-refractivity contribution in [2.24, 2.45) is 45.3 Å². The lowest BCUT2D eigenvalue weighted by Gasteiger charge is -2.63. The van der Waals surface area contributed by atoms with Crippen molar-refractivity contribution in [2.75, 3.05) is 0 Å². The van der Waals surface area contributed by atoms with Crippen LogP contribution in [0.15, 0.2) is 59.2 Å². The molecule has 10 atom stereocenters. The minimum atomic E-state index is -1.09. The average Bonchev–Trinajstić information content (AvgIpc) is 3.17. The molecule has 0 radical (unpaired) electrons. The Hall–Kier alpha value is -2.87. The highest BCUT2D eigenvalue weighted by Crippen LogP contribution is 2.72. The number of allylic oxidation sites excluding steroid dienone is 1. The third kappa shape index (κ3) is 5.01. The predicted molar refractivity (Wildman–Crippen MR) is 173 cm³/mol. The van der Waals surface area contributed by atoms with Crippen LogP contribution in [0.1, 0.15) is 86.1 Å². The SMILES string of the molecule is CC(=CC(O)CC(C)C1CC(O)C2(C)C3=C(C(=O)CC12C)C1(C)CCC(=O)C(C)(C)C1C(C=Cc1ccccc1)C3O)C(=O)O. The van der Waals surface area contributed by atoms with Gasteiger partial charge < -0.3 is 20.4 Å². The Bertz CT molecular complexity index is 1470. The van der Waals surface area contributed by atoms with Gasteiger partial charge in [-0.25, -0.2) is 4.79 Å². The first kappa shape index (κ1) is 33.5. The lowest BCUT2D eigenvalue weighted by molar-refractivity contribution is -0.150. The fourth-order valence-corrected chi connectivity index (χ4v) is 10.4. The molecule has 0 aliphatic heterocycles. The number of rotatable bonds is 7. The van der Waals surface area contributed by atoms with Crippen LogP contribution in [0.5, 0.6) is 0 Å². The molecule has 4 aliphatic carbocycles. The van der Waals surface area contributed by atoms with Gasteiger partial charge in [0, 0.05) is 46.2 Å². The van der Waals surface area contributed by atoms with Gasteiger partial charge in [0.05, 0.1) is 18.3 Å². The fourth-order valence-electron chi connectivity index (χ4n) is 10.4. The van der Waals surface area contributed by atoms with Gasteiger partial charge in [-0.15, -0.1) is 0 Å². The van der Waals surface area contributed by atoms with Crippen molar-refractivity contribution < 1.29 is 34.8 Å². The molecule has 244 valence electrons. The summed E-state index contributed by atoms with van der Waals surface area (Å²) >= 11 is 0. The zero-order valence-corrected chi connectivity index (χ0v) is 27.7. The van der Waals surface area contributed by atoms with Gasteiger partial charge in [0.25, 0.3) is 0 Å². The Morgan fingerprint density at radius 1 is 1.07 bits per heavy atom. The number of aliphatic carboxylic acids is 1. The molecule has 1 aromatic carbocycles. The summed E-state index contributed by atoms with van der Waals surface area (Å²) in [5, 5.41) is 44.5. The van der Waals surface area contributed by atoms with E-state index >= 15 is 0 Å². The highest BCUT2D eigenvalue weighted by molar-refractivity contribution is 6.01. The van der Waals surface area contributed by atoms with Gasteiger partial charge in [0.1, 0.15) is 5.78 Å². The van der Waals surface area contributed by atoms with Crippen molar-refractivity contribution >= 4 is 23.6 Å². The maximum absolute atomic E-state index is 14.5. The molecule has 4 N–H and O–H groups in total. The third-order valence-electron chi connectivity index (χ3n) is 12.8. The second kappa shape index (κ2) is 11.4. The molecule has 5 rings (SSSR count). The van der Waals surface area contributed by atoms with E-state index in [4.69, 9.17) is 0 Å². The van der Waals surface area contributed by atoms with Crippen molar-refractivity contribution in [2.45, 2.75) is 98.9 Å². The third-order valence-corrected chi connectivity index (χ3v) is 12.8. The van der Waals surface area contributed by atoms with E-state index in [2.05, 4.69) is 6.92 Å². The summed E-state index contributed by atoms with van der Waals surface area (Å²) in [7, 11) is 0. The number of fused-ring (bicyclic) bond motifs is 4. The van der Waals surface area contributed by atoms with Crippen LogP contribution in [0.25, 0.3) is 6.08 Å². The number of aliphatic hydroxyl groups is 3. The molecular formula is C38H50O7. The smallest absolute Gasteiger partial charge is 0.331 e. The molecule has 45 heavy (non-hydrogen) atoms. The fraction of sp³-hybridized carbons (Fsp3) is 0.605. The molecule has 0 amide bonds. The molecule has 0 spiro atoms. The first-order chi connectivity index (χ1) is 20.9. The molecule has 7 nitrogen and oxygen atoms in total. The van der Waals surface area contributed by atoms with Gasteiger partial charge in [0.15, 0.2) is 5.78 Å². The largest absolute Gasteiger partial charge is 0.478 e. The Kier molecular flexibility index (Phi) is 8.51. The molecule has 7 heteroatoms. The average molecular weight is 619 g/mol. The minimum Gasteiger partial charge on any atom is -0.478 e. The Morgan fingerprint density at radius 2 is 1.71 bits per heavy atom. The molecule has 0 saturated heterocycles. The van der Waals surface area contributed by atoms with Crippen LogP contribution in [0.2, 0.25) is 0 Å². The summed E-state index contributed by atoms with van der Waals surface area (Å²) in [5.41, 5.74) is -0.815. The van der Waals surface area contributed by atoms with Crippen molar-refractivity contribution in [3.63, 3.8) is 0 Å². The van der Waals surface area contributed by atoms with Crippen molar-refractivity contribution in [1.29, 1.82) is 0 Å². The molecule has 0 bridgehead atoms. The van der Waals surface area contributed by atoms with Crippen LogP contribution in [0.3, 0.4) is 0 Å². The summed E-state index contributed by atoms with van der Waals surface area (Å²) in [6, 6.07) is 9.83. The first-order valence-electron chi connectivity index (χ1n) is 16.4. The Labute approximate surface area is 267 Å². The summed E-state index contributed by atoms with van der Waals surface area (Å²) < 4.78 is 0. The van der Waals surface area contributed by atoms with Crippen molar-refractivity contribution in [1.82, 2.24) is 0 Å². The van der Waals surface area contributed by atoms with E-state index in [-0.39, 0.29) is 47.7 Å². The van der Waals surface area contributed by atoms with Gasteiger partial charge in [-0.05, 0) is 66.6 Å². The van der Waals surface area contributed by atoms with Gasteiger partial charge in [0.2, 0.25) is 0 Å². The van der Waals surface area contributed by atoms with Gasteiger partial charge in [-0.3, -0.25) is 9.59 Å². The standard InChI is InChI=1S/C38H50O7/c1-21(17-24(39)18-22(2)34(44)45)26-19-29(42)38(7)31-30(27(40)20-37(26,38)6)36(5)16-15-28(41)35(3,4)33(36)25(32(31)43)14-13-23-11-9-8-10-12-23/h8-14,18,21,24-26,29,32-33,39,42-43H,15-17,19-20H2,1-7H3,(H,44,45). The number of Topliss-reactive ketones (excluding diaryl/α,β-unsaturated/α-hetero) is 2. The number of carboxylic acids is 1. The highest BCUT2D eigenvalue weighted by Gasteiger charge is 2.71. The van der Waals surface area contributed by atoms with E-state index in [9.17, 15) is 34.8 Å². The lowest BCUT2D eigenvalue weighted by atomic mass is 9.40. The van der Waals surface area contributed by atoms with Crippen molar-refractivity contribution in [3.8, 4) is 0 Å². The van der Waals surface area contributed by atoms with Crippen LogP contribution in [0.4, 0.5) is 0 Å². The van der Waals surface area contributed by atoms with Crippen LogP contribution >= 0.6 is 0 Å². The number of hydrogen-bond donors (Lipinski definition) is 4. The molecule has 1 aromatic rings. The van der Waals surface area contributed by atoms with E-state index in [0.29, 0.717) is 30.4 Å². The number of carboxylic acid groups (broad SMARTS) is 1. The van der Waals surface area contributed by atoms with Gasteiger partial charge in [-0.2, -0.15) is 0 Å². The normalized spacial score (nSPS) is 39.3. The number of ketones is 2. The zero-order valence-electron chi connectivity index (χ0n) is 27.7. The quantitative estimate of drug-likeness (QED) is 0.285. The lowest BCUT2D eigenvalue weighted by Crippen LogP contribution is -2.63. The number of hydrogen-bond acceptors (Lipinski definition) is 6. The van der Waals surface area contributed by atoms with Crippen molar-refractivity contribution in [3.05, 3.63) is 64.8 Å². The summed E-state index contributed by atoms with van der Waals surface area (Å²) in [5.74, 6) is -2.06. The van der Waals surface area contributed by atoms with Gasteiger partial charge in [-0.1, -0.05) is 84.0 Å². The molecule has 10 unspecified atom stereocenters. The molecular weight excluding hydrogens is 568 g/mol. The summed E-state index contributed by atoms with van der Waals surface area (Å²) in [4.78, 5) is 39.3. The predicted octanol–water partition coefficient (Wildman–Crippen LogP) is 5.78. The molecule has 4 aliphatic rings. The molecule has 2 saturated carbocycles. The van der Waals surface area contributed by atoms with Crippen LogP contribution in [0, 0.1) is 45.3 Å². The topological polar surface area (TPSA) is 132 Å². The molecule has 0 aromatic heterocycles. The van der Waals surface area contributed by atoms with E-state index < -0.39 is 51.9 Å². The number of aliphatic hydroxyl groups excluding tert-OH is 3. The molecule has 2 fully saturated rings. The zero-order chi connectivity index (χ0) is 33.3. The Balaban J connectivity index is 1.63. The maximum Gasteiger partial charge on any atom is 0.331 e. The molecule has 0 heterocycles. The van der Waals surface area contributed by atoms with E-state index in [1.807, 2.05) is 77.1 Å². The minimum absolute atomic E-state index is 0.0272. The van der Waals surface area contributed by atoms with E-state index in [0.717, 1.165) is 5.56 Å². The number of benzene rings is 1. The Morgan fingerprint density at radius 3 is 2.33 bits per heavy atom. The van der Waals surface area contributed by atoms with Crippen LogP contribution < -0.4 is 0 Å². The van der Waals surface area contributed by atoms with Gasteiger partial charge >= 0.3 is 5.97 Å². The first-order valence-corrected chi connectivity index (χ1v) is 16.4. The van der Waals surface area contributed by atoms with Crippen LogP contribution in [-0.4, -0.2) is 56.3 Å². The van der Waals surface area contributed by atoms with E-state index in [1.54, 1.807) is 0 Å². The van der Waals surface area contributed by atoms with E-state index in [1.165, 1.54) is 13.0 Å². The monoisotopic (exact) mass is 618 g/mol. The number of carbonyl (C=O) groups excluding carboxylic acids is 2. The van der Waals surface area contributed by atoms with Crippen LogP contribution in [-0.2, 0) is 14.4 Å².